The number of amides is 1. The molecule has 4 aromatic rings. The van der Waals surface area contributed by atoms with Gasteiger partial charge < -0.3 is 15.1 Å². The third-order valence-electron chi connectivity index (χ3n) is 7.53. The summed E-state index contributed by atoms with van der Waals surface area (Å²) < 4.78 is 30.0. The number of piperazine rings is 1. The van der Waals surface area contributed by atoms with E-state index in [1.165, 1.54) is 6.07 Å². The highest BCUT2D eigenvalue weighted by atomic mass is 19.1. The van der Waals surface area contributed by atoms with Crippen LogP contribution in [0.5, 0.6) is 0 Å². The van der Waals surface area contributed by atoms with Crippen molar-refractivity contribution in [1.82, 2.24) is 29.4 Å². The number of halogens is 2. The minimum Gasteiger partial charge on any atom is -0.349 e. The van der Waals surface area contributed by atoms with Gasteiger partial charge in [0.25, 0.3) is 5.91 Å². The average Bonchev–Trinajstić information content (AvgIpc) is 3.59. The summed E-state index contributed by atoms with van der Waals surface area (Å²) in [5.41, 5.74) is 2.58. The third-order valence-corrected chi connectivity index (χ3v) is 7.53. The van der Waals surface area contributed by atoms with Gasteiger partial charge in [-0.1, -0.05) is 6.07 Å². The first kappa shape index (κ1) is 25.3. The molecular formula is C28H30F2N8O. The van der Waals surface area contributed by atoms with Crippen LogP contribution in [0.25, 0.3) is 5.65 Å². The molecule has 1 N–H and O–H groups in total. The number of likely N-dealkylation sites (N-methyl/N-ethyl adjacent to an activating group) is 1. The molecule has 0 bridgehead atoms. The smallest absolute Gasteiger partial charge is 0.274 e. The van der Waals surface area contributed by atoms with Gasteiger partial charge in [0.1, 0.15) is 28.8 Å². The lowest BCUT2D eigenvalue weighted by molar-refractivity contribution is 0.102. The van der Waals surface area contributed by atoms with E-state index < -0.39 is 11.6 Å². The van der Waals surface area contributed by atoms with Crippen LogP contribution in [0.3, 0.4) is 0 Å². The van der Waals surface area contributed by atoms with Gasteiger partial charge in [-0.3, -0.25) is 14.7 Å². The largest absolute Gasteiger partial charge is 0.349 e. The van der Waals surface area contributed by atoms with E-state index in [1.54, 1.807) is 35.2 Å². The minimum atomic E-state index is -0.469. The van der Waals surface area contributed by atoms with E-state index in [9.17, 15) is 13.6 Å². The Morgan fingerprint density at radius 2 is 1.90 bits per heavy atom. The van der Waals surface area contributed by atoms with Gasteiger partial charge in [0.15, 0.2) is 5.65 Å². The van der Waals surface area contributed by atoms with E-state index in [1.807, 2.05) is 11.0 Å². The summed E-state index contributed by atoms with van der Waals surface area (Å²) in [4.78, 5) is 28.8. The highest BCUT2D eigenvalue weighted by molar-refractivity contribution is 6.04. The molecule has 2 fully saturated rings. The van der Waals surface area contributed by atoms with Gasteiger partial charge in [0.05, 0.1) is 12.2 Å². The Bertz CT molecular complexity index is 1480. The van der Waals surface area contributed by atoms with Gasteiger partial charge in [0, 0.05) is 57.2 Å². The molecule has 5 heterocycles. The maximum atomic E-state index is 14.6. The van der Waals surface area contributed by atoms with Crippen molar-refractivity contribution in [2.45, 2.75) is 25.4 Å². The number of nitrogens with one attached hydrogen (secondary N) is 1. The number of rotatable bonds is 6. The monoisotopic (exact) mass is 532 g/mol. The Balaban J connectivity index is 1.18. The molecule has 1 aromatic carbocycles. The van der Waals surface area contributed by atoms with Crippen LogP contribution in [0.4, 0.5) is 20.3 Å². The Kier molecular flexibility index (Phi) is 6.92. The average molecular weight is 533 g/mol. The zero-order valence-electron chi connectivity index (χ0n) is 21.7. The molecular weight excluding hydrogens is 502 g/mol. The first-order valence-electron chi connectivity index (χ1n) is 13.2. The molecule has 11 heteroatoms. The fraction of sp³-hybridized carbons (Fsp3) is 0.357. The third kappa shape index (κ3) is 5.32. The van der Waals surface area contributed by atoms with E-state index >= 15 is 0 Å². The maximum absolute atomic E-state index is 14.6. The molecule has 0 saturated carbocycles. The quantitative estimate of drug-likeness (QED) is 0.405. The lowest BCUT2D eigenvalue weighted by Gasteiger charge is -2.32. The van der Waals surface area contributed by atoms with Crippen molar-refractivity contribution in [3.63, 3.8) is 0 Å². The predicted octanol–water partition coefficient (Wildman–Crippen LogP) is 3.74. The van der Waals surface area contributed by atoms with Crippen molar-refractivity contribution in [3.8, 4) is 0 Å². The molecule has 0 unspecified atom stereocenters. The van der Waals surface area contributed by atoms with Crippen LogP contribution in [0.1, 0.15) is 40.5 Å². The molecule has 202 valence electrons. The van der Waals surface area contributed by atoms with Crippen LogP contribution >= 0.6 is 0 Å². The Labute approximate surface area is 225 Å². The molecule has 1 atom stereocenters. The van der Waals surface area contributed by atoms with E-state index in [2.05, 4.69) is 32.2 Å². The number of anilines is 2. The summed E-state index contributed by atoms with van der Waals surface area (Å²) >= 11 is 0. The lowest BCUT2D eigenvalue weighted by atomic mass is 10.0. The molecule has 0 spiro atoms. The van der Waals surface area contributed by atoms with Crippen LogP contribution in [-0.4, -0.2) is 75.1 Å². The van der Waals surface area contributed by atoms with Crippen LogP contribution in [0.15, 0.2) is 55.0 Å². The number of pyridine rings is 1. The van der Waals surface area contributed by atoms with Crippen molar-refractivity contribution >= 4 is 23.1 Å². The molecule has 3 aromatic heterocycles. The van der Waals surface area contributed by atoms with Crippen LogP contribution in [-0.2, 0) is 6.54 Å². The Morgan fingerprint density at radius 3 is 2.69 bits per heavy atom. The summed E-state index contributed by atoms with van der Waals surface area (Å²) in [6.45, 7) is 5.58. The first-order valence-corrected chi connectivity index (χ1v) is 13.2. The summed E-state index contributed by atoms with van der Waals surface area (Å²) in [7, 11) is 2.13. The fourth-order valence-corrected chi connectivity index (χ4v) is 5.34. The fourth-order valence-electron chi connectivity index (χ4n) is 5.34. The second-order valence-electron chi connectivity index (χ2n) is 10.2. The molecule has 39 heavy (non-hydrogen) atoms. The van der Waals surface area contributed by atoms with Crippen molar-refractivity contribution in [1.29, 1.82) is 0 Å². The van der Waals surface area contributed by atoms with Gasteiger partial charge in [-0.2, -0.15) is 5.10 Å². The number of aromatic nitrogens is 4. The molecule has 6 rings (SSSR count). The van der Waals surface area contributed by atoms with Crippen molar-refractivity contribution in [2.75, 3.05) is 50.0 Å². The Hall–Kier alpha value is -3.96. The number of hydrogen-bond donors (Lipinski definition) is 1. The standard InChI is InChI=1S/C28H30F2N8O/c1-35-11-13-36(14-12-35)18-19-4-7-23(31-16-19)28(39)33-24-17-32-38-10-8-26(34-27(24)38)37-9-2-3-25(37)21-15-20(29)5-6-22(21)30/h4-8,10,15-17,25H,2-3,9,11-14,18H2,1H3,(H,33,39)/t25-/m1/s1. The molecule has 2 aliphatic heterocycles. The topological polar surface area (TPSA) is 81.9 Å². The number of carbonyl (C=O) groups excluding carboxylic acids is 1. The predicted molar refractivity (Wildman–Crippen MR) is 144 cm³/mol. The second kappa shape index (κ2) is 10.7. The SMILES string of the molecule is CN1CCN(Cc2ccc(C(=O)Nc3cnn4ccc(N5CCC[C@@H]5c5cc(F)ccc5F)nc34)nc2)CC1. The maximum Gasteiger partial charge on any atom is 0.274 e. The van der Waals surface area contributed by atoms with Gasteiger partial charge in [0.2, 0.25) is 0 Å². The molecule has 0 radical (unpaired) electrons. The van der Waals surface area contributed by atoms with Crippen LogP contribution < -0.4 is 10.2 Å². The number of benzene rings is 1. The molecule has 0 aliphatic carbocycles. The number of fused-ring (bicyclic) bond motifs is 1. The van der Waals surface area contributed by atoms with E-state index in [0.29, 0.717) is 41.4 Å². The molecule has 9 nitrogen and oxygen atoms in total. The van der Waals surface area contributed by atoms with Crippen molar-refractivity contribution in [3.05, 3.63) is 83.4 Å². The van der Waals surface area contributed by atoms with Gasteiger partial charge in [-0.25, -0.2) is 18.3 Å². The number of carbonyl (C=O) groups is 1. The number of hydrogen-bond acceptors (Lipinski definition) is 7. The summed E-state index contributed by atoms with van der Waals surface area (Å²) in [6.07, 6.45) is 6.55. The van der Waals surface area contributed by atoms with Gasteiger partial charge in [-0.05, 0) is 55.8 Å². The van der Waals surface area contributed by atoms with Crippen molar-refractivity contribution < 1.29 is 13.6 Å². The normalized spacial score (nSPS) is 18.6. The lowest BCUT2D eigenvalue weighted by Crippen LogP contribution is -2.43. The highest BCUT2D eigenvalue weighted by Gasteiger charge is 2.30. The summed E-state index contributed by atoms with van der Waals surface area (Å²) in [5, 5.41) is 7.18. The van der Waals surface area contributed by atoms with Crippen LogP contribution in [0.2, 0.25) is 0 Å². The highest BCUT2D eigenvalue weighted by Crippen LogP contribution is 2.37. The van der Waals surface area contributed by atoms with E-state index in [-0.39, 0.29) is 11.9 Å². The molecule has 1 amide bonds. The van der Waals surface area contributed by atoms with E-state index in [4.69, 9.17) is 4.98 Å². The minimum absolute atomic E-state index is 0.300. The molecule has 2 aliphatic rings. The van der Waals surface area contributed by atoms with Crippen LogP contribution in [0, 0.1) is 11.6 Å². The Morgan fingerprint density at radius 1 is 1.05 bits per heavy atom. The zero-order chi connectivity index (χ0) is 26.9. The van der Waals surface area contributed by atoms with Crippen molar-refractivity contribution in [2.24, 2.45) is 0 Å². The number of nitrogens with zero attached hydrogens (tertiary/aromatic N) is 7. The van der Waals surface area contributed by atoms with Gasteiger partial charge in [-0.15, -0.1) is 0 Å². The summed E-state index contributed by atoms with van der Waals surface area (Å²) in [5.74, 6) is -0.655. The first-order chi connectivity index (χ1) is 18.9. The summed E-state index contributed by atoms with van der Waals surface area (Å²) in [6, 6.07) is 8.67. The van der Waals surface area contributed by atoms with Gasteiger partial charge >= 0.3 is 0 Å². The zero-order valence-corrected chi connectivity index (χ0v) is 21.7. The molecule has 2 saturated heterocycles. The second-order valence-corrected chi connectivity index (χ2v) is 10.2. The van der Waals surface area contributed by atoms with E-state index in [0.717, 1.165) is 56.8 Å².